The van der Waals surface area contributed by atoms with E-state index in [9.17, 15) is 29.8 Å². The molecule has 2 aromatic rings. The molecule has 0 radical (unpaired) electrons. The quantitative estimate of drug-likeness (QED) is 0.422. The van der Waals surface area contributed by atoms with Gasteiger partial charge in [-0.1, -0.05) is 12.8 Å². The Morgan fingerprint density at radius 2 is 1.60 bits per heavy atom. The molecule has 10 nitrogen and oxygen atoms in total. The van der Waals surface area contributed by atoms with Crippen LogP contribution >= 0.6 is 11.3 Å². The van der Waals surface area contributed by atoms with Crippen LogP contribution < -0.4 is 5.32 Å². The zero-order valence-corrected chi connectivity index (χ0v) is 17.0. The number of thiophene rings is 1. The smallest absolute Gasteiger partial charge is 0.341 e. The standard InChI is InChI=1S/C19H19N3O7S/c1-29-19(24)16-14-6-4-2-3-5-7-15(14)30-18(16)20-17(23)11-8-12(21(25)26)10-13(9-11)22(27)28/h8-10H,2-7H2,1H3,(H,20,23). The van der Waals surface area contributed by atoms with Crippen LogP contribution in [-0.2, 0) is 17.6 Å². The number of amides is 1. The van der Waals surface area contributed by atoms with Crippen molar-refractivity contribution >= 4 is 39.6 Å². The van der Waals surface area contributed by atoms with Crippen molar-refractivity contribution < 1.29 is 24.2 Å². The second-order valence-electron chi connectivity index (χ2n) is 6.82. The Hall–Kier alpha value is -3.34. The minimum atomic E-state index is -0.805. The van der Waals surface area contributed by atoms with Crippen LogP contribution in [0.3, 0.4) is 0 Å². The van der Waals surface area contributed by atoms with E-state index < -0.39 is 33.1 Å². The van der Waals surface area contributed by atoms with Crippen LogP contribution in [0.2, 0.25) is 0 Å². The Labute approximate surface area is 175 Å². The lowest BCUT2D eigenvalue weighted by atomic mass is 9.96. The molecule has 1 aromatic carbocycles. The number of ether oxygens (including phenoxy) is 1. The molecule has 158 valence electrons. The van der Waals surface area contributed by atoms with E-state index in [1.807, 2.05) is 0 Å². The summed E-state index contributed by atoms with van der Waals surface area (Å²) in [6, 6.07) is 2.71. The van der Waals surface area contributed by atoms with E-state index in [0.29, 0.717) is 6.42 Å². The van der Waals surface area contributed by atoms with Crippen molar-refractivity contribution in [3.05, 3.63) is 60.0 Å². The highest BCUT2D eigenvalue weighted by atomic mass is 32.1. The summed E-state index contributed by atoms with van der Waals surface area (Å²) < 4.78 is 4.90. The summed E-state index contributed by atoms with van der Waals surface area (Å²) in [6.07, 6.45) is 5.49. The first-order chi connectivity index (χ1) is 14.3. The van der Waals surface area contributed by atoms with Crippen LogP contribution in [0, 0.1) is 20.2 Å². The summed E-state index contributed by atoms with van der Waals surface area (Å²) in [5.74, 6) is -1.35. The molecule has 0 saturated carbocycles. The number of rotatable bonds is 5. The minimum Gasteiger partial charge on any atom is -0.465 e. The SMILES string of the molecule is COC(=O)c1c(NC(=O)c2cc([N+](=O)[O-])cc([N+](=O)[O-])c2)sc2c1CCCCCC2. The molecule has 30 heavy (non-hydrogen) atoms. The first-order valence-electron chi connectivity index (χ1n) is 9.30. The Morgan fingerprint density at radius 1 is 1.00 bits per heavy atom. The lowest BCUT2D eigenvalue weighted by molar-refractivity contribution is -0.394. The molecule has 0 spiro atoms. The fourth-order valence-electron chi connectivity index (χ4n) is 3.44. The number of methoxy groups -OCH3 is 1. The van der Waals surface area contributed by atoms with Crippen LogP contribution in [0.1, 0.15) is 56.8 Å². The van der Waals surface area contributed by atoms with Gasteiger partial charge in [-0.2, -0.15) is 0 Å². The van der Waals surface area contributed by atoms with Gasteiger partial charge in [0.1, 0.15) is 5.00 Å². The Kier molecular flexibility index (Phi) is 6.40. The highest BCUT2D eigenvalue weighted by Gasteiger charge is 2.27. The van der Waals surface area contributed by atoms with Gasteiger partial charge in [0, 0.05) is 17.0 Å². The number of hydrogen-bond acceptors (Lipinski definition) is 8. The molecule has 0 aliphatic heterocycles. The fourth-order valence-corrected chi connectivity index (χ4v) is 4.71. The molecule has 0 saturated heterocycles. The monoisotopic (exact) mass is 433 g/mol. The topological polar surface area (TPSA) is 142 Å². The van der Waals surface area contributed by atoms with Gasteiger partial charge in [0.2, 0.25) is 0 Å². The summed E-state index contributed by atoms with van der Waals surface area (Å²) in [7, 11) is 1.25. The first kappa shape index (κ1) is 21.4. The molecule has 0 unspecified atom stereocenters. The highest BCUT2D eigenvalue weighted by Crippen LogP contribution is 2.38. The van der Waals surface area contributed by atoms with E-state index in [1.165, 1.54) is 18.4 Å². The van der Waals surface area contributed by atoms with Gasteiger partial charge in [-0.25, -0.2) is 4.79 Å². The second kappa shape index (κ2) is 8.99. The van der Waals surface area contributed by atoms with Crippen LogP contribution in [0.4, 0.5) is 16.4 Å². The summed E-state index contributed by atoms with van der Waals surface area (Å²) in [4.78, 5) is 46.7. The minimum absolute atomic E-state index is 0.243. The van der Waals surface area contributed by atoms with Crippen LogP contribution in [-0.4, -0.2) is 28.8 Å². The van der Waals surface area contributed by atoms with E-state index in [0.717, 1.165) is 60.7 Å². The molecule has 11 heteroatoms. The third-order valence-corrected chi connectivity index (χ3v) is 6.08. The molecular weight excluding hydrogens is 414 g/mol. The predicted molar refractivity (Wildman–Crippen MR) is 109 cm³/mol. The van der Waals surface area contributed by atoms with E-state index in [2.05, 4.69) is 5.32 Å². The molecule has 1 amide bonds. The summed E-state index contributed by atoms with van der Waals surface area (Å²) >= 11 is 1.27. The molecule has 1 aliphatic carbocycles. The second-order valence-corrected chi connectivity index (χ2v) is 7.93. The van der Waals surface area contributed by atoms with Crippen LogP contribution in [0.5, 0.6) is 0 Å². The van der Waals surface area contributed by atoms with Gasteiger partial charge in [-0.05, 0) is 31.2 Å². The maximum atomic E-state index is 12.8. The third-order valence-electron chi connectivity index (χ3n) is 4.87. The van der Waals surface area contributed by atoms with Crippen molar-refractivity contribution in [1.29, 1.82) is 0 Å². The van der Waals surface area contributed by atoms with E-state index in [4.69, 9.17) is 4.74 Å². The van der Waals surface area contributed by atoms with Gasteiger partial charge in [-0.3, -0.25) is 25.0 Å². The number of hydrogen-bond donors (Lipinski definition) is 1. The number of nitrogens with one attached hydrogen (secondary N) is 1. The number of carbonyl (C=O) groups excluding carboxylic acids is 2. The molecule has 0 atom stereocenters. The number of non-ortho nitro benzene ring substituents is 2. The number of fused-ring (bicyclic) bond motifs is 1. The molecule has 1 aromatic heterocycles. The van der Waals surface area contributed by atoms with Gasteiger partial charge in [0.05, 0.1) is 34.1 Å². The molecule has 1 N–H and O–H groups in total. The van der Waals surface area contributed by atoms with Crippen molar-refractivity contribution in [2.75, 3.05) is 12.4 Å². The van der Waals surface area contributed by atoms with Crippen molar-refractivity contribution in [2.45, 2.75) is 38.5 Å². The Balaban J connectivity index is 2.00. The van der Waals surface area contributed by atoms with Crippen LogP contribution in [0.15, 0.2) is 18.2 Å². The lowest BCUT2D eigenvalue weighted by Gasteiger charge is -2.11. The number of benzene rings is 1. The van der Waals surface area contributed by atoms with Gasteiger partial charge in [0.25, 0.3) is 17.3 Å². The molecule has 0 bridgehead atoms. The number of carbonyl (C=O) groups is 2. The number of aryl methyl sites for hydroxylation is 1. The largest absolute Gasteiger partial charge is 0.465 e. The first-order valence-corrected chi connectivity index (χ1v) is 10.1. The van der Waals surface area contributed by atoms with E-state index in [-0.39, 0.29) is 16.1 Å². The summed E-state index contributed by atoms with van der Waals surface area (Å²) in [6.45, 7) is 0. The Morgan fingerprint density at radius 3 is 2.17 bits per heavy atom. The maximum absolute atomic E-state index is 12.8. The highest BCUT2D eigenvalue weighted by molar-refractivity contribution is 7.17. The normalized spacial score (nSPS) is 13.5. The third kappa shape index (κ3) is 4.46. The predicted octanol–water partition coefficient (Wildman–Crippen LogP) is 4.26. The number of esters is 1. The van der Waals surface area contributed by atoms with Gasteiger partial charge in [0.15, 0.2) is 0 Å². The maximum Gasteiger partial charge on any atom is 0.341 e. The van der Waals surface area contributed by atoms with Gasteiger partial charge in [-0.15, -0.1) is 11.3 Å². The van der Waals surface area contributed by atoms with Crippen molar-refractivity contribution in [1.82, 2.24) is 0 Å². The van der Waals surface area contributed by atoms with Crippen molar-refractivity contribution in [2.24, 2.45) is 0 Å². The number of nitrogens with zero attached hydrogens (tertiary/aromatic N) is 2. The Bertz CT molecular complexity index is 999. The molecular formula is C19H19N3O7S. The lowest BCUT2D eigenvalue weighted by Crippen LogP contribution is -2.15. The number of nitro benzene ring substituents is 2. The summed E-state index contributed by atoms with van der Waals surface area (Å²) in [5.41, 5.74) is -0.242. The zero-order chi connectivity index (χ0) is 21.8. The van der Waals surface area contributed by atoms with Crippen molar-refractivity contribution in [3.8, 4) is 0 Å². The molecule has 1 aliphatic rings. The van der Waals surface area contributed by atoms with Crippen LogP contribution in [0.25, 0.3) is 0 Å². The molecule has 3 rings (SSSR count). The van der Waals surface area contributed by atoms with Crippen molar-refractivity contribution in [3.63, 3.8) is 0 Å². The number of nitro groups is 2. The zero-order valence-electron chi connectivity index (χ0n) is 16.1. The average Bonchev–Trinajstić information content (AvgIpc) is 3.02. The fraction of sp³-hybridized carbons (Fsp3) is 0.368. The van der Waals surface area contributed by atoms with Gasteiger partial charge >= 0.3 is 5.97 Å². The van der Waals surface area contributed by atoms with E-state index >= 15 is 0 Å². The molecule has 0 fully saturated rings. The average molecular weight is 433 g/mol. The number of anilines is 1. The molecule has 1 heterocycles. The van der Waals surface area contributed by atoms with E-state index in [1.54, 1.807) is 0 Å². The van der Waals surface area contributed by atoms with Gasteiger partial charge < -0.3 is 10.1 Å². The summed E-state index contributed by atoms with van der Waals surface area (Å²) in [5, 5.41) is 25.1.